The van der Waals surface area contributed by atoms with Gasteiger partial charge in [-0.1, -0.05) is 18.9 Å². The molecule has 1 aromatic heterocycles. The minimum atomic E-state index is -0.0400. The van der Waals surface area contributed by atoms with Gasteiger partial charge in [-0.2, -0.15) is 0 Å². The monoisotopic (exact) mass is 358 g/mol. The van der Waals surface area contributed by atoms with Crippen molar-refractivity contribution in [2.45, 2.75) is 45.6 Å². The van der Waals surface area contributed by atoms with Crippen molar-refractivity contribution in [1.29, 1.82) is 0 Å². The van der Waals surface area contributed by atoms with Crippen molar-refractivity contribution in [3.05, 3.63) is 45.6 Å². The molecule has 1 N–H and O–H groups in total. The van der Waals surface area contributed by atoms with E-state index in [1.54, 1.807) is 18.4 Å². The van der Waals surface area contributed by atoms with E-state index in [1.807, 2.05) is 30.0 Å². The second-order valence-electron chi connectivity index (χ2n) is 6.64. The Morgan fingerprint density at radius 3 is 2.76 bits per heavy atom. The number of carbonyl (C=O) groups is 1. The maximum absolute atomic E-state index is 13.1. The number of urea groups is 1. The van der Waals surface area contributed by atoms with Crippen molar-refractivity contribution in [3.8, 4) is 5.75 Å². The SMILES string of the molecule is COc1ccc(C)cc1NC(=O)N1CCCCCC1c1ccc(C)s1. The van der Waals surface area contributed by atoms with Crippen molar-refractivity contribution in [2.75, 3.05) is 19.0 Å². The first kappa shape index (κ1) is 17.8. The van der Waals surface area contributed by atoms with Gasteiger partial charge in [-0.25, -0.2) is 4.79 Å². The summed E-state index contributed by atoms with van der Waals surface area (Å²) < 4.78 is 5.40. The average molecular weight is 359 g/mol. The molecule has 1 aliphatic heterocycles. The van der Waals surface area contributed by atoms with E-state index >= 15 is 0 Å². The van der Waals surface area contributed by atoms with Crippen molar-refractivity contribution in [2.24, 2.45) is 0 Å². The maximum Gasteiger partial charge on any atom is 0.322 e. The number of rotatable bonds is 3. The van der Waals surface area contributed by atoms with E-state index in [2.05, 4.69) is 24.4 Å². The number of anilines is 1. The summed E-state index contributed by atoms with van der Waals surface area (Å²) in [5, 5.41) is 3.07. The fourth-order valence-electron chi connectivity index (χ4n) is 3.39. The van der Waals surface area contributed by atoms with Crippen molar-refractivity contribution in [3.63, 3.8) is 0 Å². The van der Waals surface area contributed by atoms with Gasteiger partial charge in [0.05, 0.1) is 18.8 Å². The topological polar surface area (TPSA) is 41.6 Å². The predicted molar refractivity (Wildman–Crippen MR) is 104 cm³/mol. The predicted octanol–water partition coefficient (Wildman–Crippen LogP) is 5.52. The van der Waals surface area contributed by atoms with Crippen LogP contribution in [0.5, 0.6) is 5.75 Å². The Labute approximate surface area is 153 Å². The molecule has 1 aliphatic rings. The van der Waals surface area contributed by atoms with Crippen LogP contribution in [0.4, 0.5) is 10.5 Å². The summed E-state index contributed by atoms with van der Waals surface area (Å²) in [7, 11) is 1.63. The van der Waals surface area contributed by atoms with E-state index in [-0.39, 0.29) is 12.1 Å². The van der Waals surface area contributed by atoms with Crippen molar-refractivity contribution in [1.82, 2.24) is 4.90 Å². The molecule has 1 aromatic carbocycles. The van der Waals surface area contributed by atoms with Gasteiger partial charge in [0.2, 0.25) is 0 Å². The van der Waals surface area contributed by atoms with Gasteiger partial charge in [-0.05, 0) is 56.5 Å². The van der Waals surface area contributed by atoms with E-state index in [0.717, 1.165) is 30.6 Å². The first-order valence-electron chi connectivity index (χ1n) is 8.87. The number of amides is 2. The molecule has 25 heavy (non-hydrogen) atoms. The lowest BCUT2D eigenvalue weighted by Gasteiger charge is -2.30. The number of carbonyl (C=O) groups excluding carboxylic acids is 1. The minimum absolute atomic E-state index is 0.0400. The van der Waals surface area contributed by atoms with E-state index in [0.29, 0.717) is 5.75 Å². The number of methoxy groups -OCH3 is 1. The van der Waals surface area contributed by atoms with Crippen LogP contribution in [0.1, 0.15) is 47.0 Å². The maximum atomic E-state index is 13.1. The smallest absolute Gasteiger partial charge is 0.322 e. The third-order valence-electron chi connectivity index (χ3n) is 4.70. The number of ether oxygens (including phenoxy) is 1. The van der Waals surface area contributed by atoms with Crippen LogP contribution in [0.2, 0.25) is 0 Å². The number of aryl methyl sites for hydroxylation is 2. The van der Waals surface area contributed by atoms with Gasteiger partial charge in [0.25, 0.3) is 0 Å². The van der Waals surface area contributed by atoms with E-state index in [9.17, 15) is 4.79 Å². The van der Waals surface area contributed by atoms with Gasteiger partial charge in [0, 0.05) is 16.3 Å². The zero-order chi connectivity index (χ0) is 17.8. The highest BCUT2D eigenvalue weighted by molar-refractivity contribution is 7.12. The highest BCUT2D eigenvalue weighted by Gasteiger charge is 2.28. The second kappa shape index (κ2) is 7.91. The molecular formula is C20H26N2O2S. The van der Waals surface area contributed by atoms with Crippen LogP contribution in [-0.2, 0) is 0 Å². The highest BCUT2D eigenvalue weighted by atomic mass is 32.1. The molecule has 0 bridgehead atoms. The standard InChI is InChI=1S/C20H26N2O2S/c1-14-8-10-18(24-3)16(13-14)21-20(23)22-12-6-4-5-7-17(22)19-11-9-15(2)25-19/h8-11,13,17H,4-7,12H2,1-3H3,(H,21,23). The molecule has 0 saturated carbocycles. The normalized spacial score (nSPS) is 17.9. The molecule has 1 fully saturated rings. The largest absolute Gasteiger partial charge is 0.495 e. The summed E-state index contributed by atoms with van der Waals surface area (Å²) in [5.74, 6) is 0.692. The quantitative estimate of drug-likeness (QED) is 0.784. The zero-order valence-corrected chi connectivity index (χ0v) is 16.0. The third kappa shape index (κ3) is 4.15. The summed E-state index contributed by atoms with van der Waals surface area (Å²) in [4.78, 5) is 17.6. The number of nitrogens with one attached hydrogen (secondary N) is 1. The lowest BCUT2D eigenvalue weighted by atomic mass is 10.1. The lowest BCUT2D eigenvalue weighted by molar-refractivity contribution is 0.190. The Hall–Kier alpha value is -2.01. The molecule has 2 aromatic rings. The molecule has 0 spiro atoms. The molecule has 1 atom stereocenters. The fraction of sp³-hybridized carbons (Fsp3) is 0.450. The summed E-state index contributed by atoms with van der Waals surface area (Å²) in [6, 6.07) is 10.3. The number of hydrogen-bond donors (Lipinski definition) is 1. The molecular weight excluding hydrogens is 332 g/mol. The fourth-order valence-corrected chi connectivity index (χ4v) is 4.41. The van der Waals surface area contributed by atoms with Crippen LogP contribution in [0.3, 0.4) is 0 Å². The van der Waals surface area contributed by atoms with Gasteiger partial charge in [0.15, 0.2) is 0 Å². The van der Waals surface area contributed by atoms with Crippen LogP contribution in [0.15, 0.2) is 30.3 Å². The molecule has 0 radical (unpaired) electrons. The Morgan fingerprint density at radius 2 is 2.04 bits per heavy atom. The Balaban J connectivity index is 1.84. The molecule has 134 valence electrons. The number of nitrogens with zero attached hydrogens (tertiary/aromatic N) is 1. The molecule has 4 nitrogen and oxygen atoms in total. The van der Waals surface area contributed by atoms with E-state index in [4.69, 9.17) is 4.74 Å². The van der Waals surface area contributed by atoms with Gasteiger partial charge < -0.3 is 15.0 Å². The first-order chi connectivity index (χ1) is 12.1. The molecule has 1 saturated heterocycles. The molecule has 2 amide bonds. The number of hydrogen-bond acceptors (Lipinski definition) is 3. The van der Waals surface area contributed by atoms with Gasteiger partial charge >= 0.3 is 6.03 Å². The van der Waals surface area contributed by atoms with Crippen molar-refractivity contribution < 1.29 is 9.53 Å². The minimum Gasteiger partial charge on any atom is -0.495 e. The lowest BCUT2D eigenvalue weighted by Crippen LogP contribution is -2.37. The molecule has 1 unspecified atom stereocenters. The Morgan fingerprint density at radius 1 is 1.20 bits per heavy atom. The summed E-state index contributed by atoms with van der Waals surface area (Å²) in [6.07, 6.45) is 4.43. The van der Waals surface area contributed by atoms with Gasteiger partial charge in [0.1, 0.15) is 5.75 Å². The van der Waals surface area contributed by atoms with E-state index < -0.39 is 0 Å². The highest BCUT2D eigenvalue weighted by Crippen LogP contribution is 2.35. The first-order valence-corrected chi connectivity index (χ1v) is 9.68. The summed E-state index contributed by atoms with van der Waals surface area (Å²) >= 11 is 1.79. The summed E-state index contributed by atoms with van der Waals surface area (Å²) in [6.45, 7) is 4.92. The molecule has 5 heteroatoms. The average Bonchev–Trinajstić information content (AvgIpc) is 2.87. The Bertz CT molecular complexity index is 741. The number of benzene rings is 1. The van der Waals surface area contributed by atoms with Crippen molar-refractivity contribution >= 4 is 23.1 Å². The molecule has 3 rings (SSSR count). The number of likely N-dealkylation sites (tertiary alicyclic amines) is 1. The van der Waals surface area contributed by atoms with Gasteiger partial charge in [-0.15, -0.1) is 11.3 Å². The van der Waals surface area contributed by atoms with Crippen LogP contribution in [-0.4, -0.2) is 24.6 Å². The van der Waals surface area contributed by atoms with Crippen LogP contribution in [0, 0.1) is 13.8 Å². The van der Waals surface area contributed by atoms with Crippen LogP contribution in [0.25, 0.3) is 0 Å². The molecule has 2 heterocycles. The van der Waals surface area contributed by atoms with Gasteiger partial charge in [-0.3, -0.25) is 0 Å². The molecule has 0 aliphatic carbocycles. The zero-order valence-electron chi connectivity index (χ0n) is 15.2. The summed E-state index contributed by atoms with van der Waals surface area (Å²) in [5.41, 5.74) is 1.83. The van der Waals surface area contributed by atoms with Crippen LogP contribution >= 0.6 is 11.3 Å². The van der Waals surface area contributed by atoms with E-state index in [1.165, 1.54) is 22.6 Å². The third-order valence-corrected chi connectivity index (χ3v) is 5.80. The second-order valence-corrected chi connectivity index (χ2v) is 7.96. The number of thiophene rings is 1. The Kier molecular flexibility index (Phi) is 5.63. The van der Waals surface area contributed by atoms with Crippen LogP contribution < -0.4 is 10.1 Å².